The standard InChI is InChI=1S/C19H16BrFN4O3/c20-15-7-12(3-4-14(15)18(22)26)17-16(25-10-28-17)19(27)24-5-1-2-11-6-13(21)9-23-8-11/h3-4,6-10H,1-2,5H2,(H2,22,26)(H,24,27). The van der Waals surface area contributed by atoms with Crippen LogP contribution < -0.4 is 11.1 Å². The molecule has 9 heteroatoms. The predicted octanol–water partition coefficient (Wildman–Crippen LogP) is 3.10. The van der Waals surface area contributed by atoms with Crippen LogP contribution in [-0.4, -0.2) is 28.3 Å². The van der Waals surface area contributed by atoms with E-state index in [1.165, 1.54) is 12.5 Å². The first-order valence-corrected chi connectivity index (χ1v) is 9.16. The Hall–Kier alpha value is -3.07. The lowest BCUT2D eigenvalue weighted by Gasteiger charge is -2.06. The van der Waals surface area contributed by atoms with Gasteiger partial charge in [-0.3, -0.25) is 14.6 Å². The van der Waals surface area contributed by atoms with E-state index >= 15 is 0 Å². The van der Waals surface area contributed by atoms with Gasteiger partial charge in [-0.25, -0.2) is 9.37 Å². The number of oxazole rings is 1. The van der Waals surface area contributed by atoms with Crippen molar-refractivity contribution in [3.05, 3.63) is 70.2 Å². The molecule has 3 rings (SSSR count). The monoisotopic (exact) mass is 446 g/mol. The molecule has 0 aliphatic heterocycles. The molecule has 0 spiro atoms. The number of halogens is 2. The number of hydrogen-bond donors (Lipinski definition) is 2. The Kier molecular flexibility index (Phi) is 6.15. The van der Waals surface area contributed by atoms with Crippen LogP contribution in [0.1, 0.15) is 32.8 Å². The largest absolute Gasteiger partial charge is 0.443 e. The number of aryl methyl sites for hydroxylation is 1. The molecule has 7 nitrogen and oxygen atoms in total. The number of nitrogens with zero attached hydrogens (tertiary/aromatic N) is 2. The molecule has 0 fully saturated rings. The van der Waals surface area contributed by atoms with Crippen LogP contribution in [0.15, 0.2) is 51.9 Å². The minimum absolute atomic E-state index is 0.131. The molecule has 0 aliphatic rings. The summed E-state index contributed by atoms with van der Waals surface area (Å²) in [5, 5.41) is 2.76. The minimum Gasteiger partial charge on any atom is -0.443 e. The number of amides is 2. The van der Waals surface area contributed by atoms with Gasteiger partial charge in [-0.1, -0.05) is 6.07 Å². The second kappa shape index (κ2) is 8.75. The molecule has 0 saturated heterocycles. The topological polar surface area (TPSA) is 111 Å². The van der Waals surface area contributed by atoms with Crippen LogP contribution in [-0.2, 0) is 6.42 Å². The third-order valence-corrected chi connectivity index (χ3v) is 4.62. The number of aromatic nitrogens is 2. The fraction of sp³-hybridized carbons (Fsp3) is 0.158. The van der Waals surface area contributed by atoms with Crippen molar-refractivity contribution in [1.82, 2.24) is 15.3 Å². The van der Waals surface area contributed by atoms with E-state index < -0.39 is 11.8 Å². The first-order chi connectivity index (χ1) is 13.5. The summed E-state index contributed by atoms with van der Waals surface area (Å²) >= 11 is 3.28. The molecule has 2 amide bonds. The summed E-state index contributed by atoms with van der Waals surface area (Å²) in [6.45, 7) is 0.381. The smallest absolute Gasteiger partial charge is 0.273 e. The van der Waals surface area contributed by atoms with Gasteiger partial charge in [0.05, 0.1) is 11.8 Å². The molecule has 0 aliphatic carbocycles. The van der Waals surface area contributed by atoms with Crippen LogP contribution in [0.4, 0.5) is 4.39 Å². The van der Waals surface area contributed by atoms with E-state index in [2.05, 4.69) is 31.2 Å². The van der Waals surface area contributed by atoms with Gasteiger partial charge in [-0.2, -0.15) is 0 Å². The highest BCUT2D eigenvalue weighted by Crippen LogP contribution is 2.28. The zero-order chi connectivity index (χ0) is 20.1. The SMILES string of the molecule is NC(=O)c1ccc(-c2ocnc2C(=O)NCCCc2cncc(F)c2)cc1Br. The predicted molar refractivity (Wildman–Crippen MR) is 103 cm³/mol. The van der Waals surface area contributed by atoms with E-state index in [9.17, 15) is 14.0 Å². The molecule has 144 valence electrons. The lowest BCUT2D eigenvalue weighted by molar-refractivity contribution is 0.0947. The Labute approximate surface area is 168 Å². The average molecular weight is 447 g/mol. The number of nitrogens with two attached hydrogens (primary N) is 1. The average Bonchev–Trinajstić information content (AvgIpc) is 3.14. The molecule has 0 bridgehead atoms. The summed E-state index contributed by atoms with van der Waals surface area (Å²) in [6.07, 6.45) is 5.11. The zero-order valence-corrected chi connectivity index (χ0v) is 16.2. The third-order valence-electron chi connectivity index (χ3n) is 3.97. The van der Waals surface area contributed by atoms with Crippen molar-refractivity contribution in [2.24, 2.45) is 5.73 Å². The summed E-state index contributed by atoms with van der Waals surface area (Å²) in [7, 11) is 0. The summed E-state index contributed by atoms with van der Waals surface area (Å²) in [5.41, 5.74) is 7.07. The number of hydrogen-bond acceptors (Lipinski definition) is 5. The molecular formula is C19H16BrFN4O3. The molecule has 28 heavy (non-hydrogen) atoms. The number of carbonyl (C=O) groups is 2. The van der Waals surface area contributed by atoms with Crippen molar-refractivity contribution >= 4 is 27.7 Å². The Morgan fingerprint density at radius 2 is 2.07 bits per heavy atom. The van der Waals surface area contributed by atoms with Crippen LogP contribution in [0, 0.1) is 5.82 Å². The van der Waals surface area contributed by atoms with Gasteiger partial charge in [0.25, 0.3) is 5.91 Å². The van der Waals surface area contributed by atoms with Gasteiger partial charge in [0.1, 0.15) is 5.82 Å². The van der Waals surface area contributed by atoms with Gasteiger partial charge >= 0.3 is 0 Å². The minimum atomic E-state index is -0.567. The molecule has 0 atom stereocenters. The van der Waals surface area contributed by atoms with Crippen molar-refractivity contribution in [2.75, 3.05) is 6.54 Å². The third kappa shape index (κ3) is 4.61. The number of benzene rings is 1. The molecule has 1 aromatic carbocycles. The number of primary amides is 1. The number of pyridine rings is 1. The maximum absolute atomic E-state index is 13.1. The summed E-state index contributed by atoms with van der Waals surface area (Å²) in [4.78, 5) is 31.5. The first kappa shape index (κ1) is 19.7. The van der Waals surface area contributed by atoms with E-state index in [1.807, 2.05) is 0 Å². The second-order valence-electron chi connectivity index (χ2n) is 5.96. The lowest BCUT2D eigenvalue weighted by Crippen LogP contribution is -2.25. The molecule has 0 unspecified atom stereocenters. The van der Waals surface area contributed by atoms with Crippen LogP contribution in [0.5, 0.6) is 0 Å². The maximum atomic E-state index is 13.1. The van der Waals surface area contributed by atoms with Crippen molar-refractivity contribution in [3.8, 4) is 11.3 Å². The van der Waals surface area contributed by atoms with Crippen LogP contribution in [0.25, 0.3) is 11.3 Å². The first-order valence-electron chi connectivity index (χ1n) is 8.36. The Morgan fingerprint density at radius 1 is 1.25 bits per heavy atom. The summed E-state index contributed by atoms with van der Waals surface area (Å²) < 4.78 is 19.0. The van der Waals surface area contributed by atoms with Gasteiger partial charge in [0.2, 0.25) is 5.91 Å². The Balaban J connectivity index is 1.63. The fourth-order valence-corrected chi connectivity index (χ4v) is 3.21. The molecule has 3 N–H and O–H groups in total. The quantitative estimate of drug-likeness (QED) is 0.541. The maximum Gasteiger partial charge on any atom is 0.273 e. The lowest BCUT2D eigenvalue weighted by atomic mass is 10.1. The van der Waals surface area contributed by atoms with Crippen molar-refractivity contribution in [1.29, 1.82) is 0 Å². The van der Waals surface area contributed by atoms with E-state index in [-0.39, 0.29) is 17.3 Å². The second-order valence-corrected chi connectivity index (χ2v) is 6.81. The summed E-state index contributed by atoms with van der Waals surface area (Å²) in [6, 6.07) is 6.21. The highest BCUT2D eigenvalue weighted by Gasteiger charge is 2.19. The van der Waals surface area contributed by atoms with Gasteiger partial charge in [0.15, 0.2) is 17.8 Å². The Bertz CT molecular complexity index is 1020. The molecule has 0 saturated carbocycles. The van der Waals surface area contributed by atoms with Crippen molar-refractivity contribution in [2.45, 2.75) is 12.8 Å². The van der Waals surface area contributed by atoms with E-state index in [4.69, 9.17) is 10.2 Å². The van der Waals surface area contributed by atoms with Crippen LogP contribution in [0.2, 0.25) is 0 Å². The van der Waals surface area contributed by atoms with Crippen molar-refractivity contribution in [3.63, 3.8) is 0 Å². The van der Waals surface area contributed by atoms with Gasteiger partial charge in [-0.15, -0.1) is 0 Å². The molecule has 2 aromatic heterocycles. The van der Waals surface area contributed by atoms with E-state index in [0.717, 1.165) is 11.8 Å². The van der Waals surface area contributed by atoms with Gasteiger partial charge < -0.3 is 15.5 Å². The molecule has 2 heterocycles. The van der Waals surface area contributed by atoms with E-state index in [1.54, 1.807) is 24.4 Å². The Morgan fingerprint density at radius 3 is 2.79 bits per heavy atom. The number of nitrogens with one attached hydrogen (secondary N) is 1. The van der Waals surface area contributed by atoms with Gasteiger partial charge in [-0.05, 0) is 52.5 Å². The number of carbonyl (C=O) groups excluding carboxylic acids is 2. The molecule has 3 aromatic rings. The fourth-order valence-electron chi connectivity index (χ4n) is 2.64. The molecular weight excluding hydrogens is 431 g/mol. The highest BCUT2D eigenvalue weighted by atomic mass is 79.9. The zero-order valence-electron chi connectivity index (χ0n) is 14.6. The number of rotatable bonds is 7. The summed E-state index contributed by atoms with van der Waals surface area (Å²) in [5.74, 6) is -1.07. The normalized spacial score (nSPS) is 10.6. The van der Waals surface area contributed by atoms with Crippen LogP contribution >= 0.6 is 15.9 Å². The van der Waals surface area contributed by atoms with Crippen LogP contribution in [0.3, 0.4) is 0 Å². The van der Waals surface area contributed by atoms with E-state index in [0.29, 0.717) is 35.0 Å². The molecule has 0 radical (unpaired) electrons. The van der Waals surface area contributed by atoms with Crippen molar-refractivity contribution < 1.29 is 18.4 Å². The highest BCUT2D eigenvalue weighted by molar-refractivity contribution is 9.10. The van der Waals surface area contributed by atoms with Gasteiger partial charge in [0, 0.05) is 22.8 Å².